The van der Waals surface area contributed by atoms with Gasteiger partial charge in [-0.2, -0.15) is 14.8 Å². The van der Waals surface area contributed by atoms with Crippen LogP contribution in [0.1, 0.15) is 29.5 Å². The number of rotatable bonds is 4. The first-order valence-corrected chi connectivity index (χ1v) is 13.3. The van der Waals surface area contributed by atoms with Crippen LogP contribution in [0.4, 0.5) is 4.79 Å². The average molecular weight is 565 g/mol. The highest BCUT2D eigenvalue weighted by atomic mass is 35.5. The van der Waals surface area contributed by atoms with Gasteiger partial charge in [0.15, 0.2) is 5.65 Å². The number of benzene rings is 3. The van der Waals surface area contributed by atoms with Gasteiger partial charge >= 0.3 is 11.8 Å². The monoisotopic (exact) mass is 564 g/mol. The molecule has 0 bridgehead atoms. The molecule has 0 saturated carbocycles. The maximum atomic E-state index is 13.0. The SMILES string of the molecule is CCOC(=O)n1c(=O)nc2c3c(ncn21)Oc1c(c(-c2ccccc2)nn1-c1ccccc1)C3c1ccc(Cl)cc1. The third-order valence-electron chi connectivity index (χ3n) is 6.91. The number of nitrogens with zero attached hydrogens (tertiary/aromatic N) is 6. The van der Waals surface area contributed by atoms with Gasteiger partial charge in [0, 0.05) is 10.6 Å². The summed E-state index contributed by atoms with van der Waals surface area (Å²) in [6.07, 6.45) is 0.471. The molecule has 0 fully saturated rings. The van der Waals surface area contributed by atoms with Crippen LogP contribution in [0.15, 0.2) is 96.1 Å². The van der Waals surface area contributed by atoms with Crippen LogP contribution in [0.5, 0.6) is 11.8 Å². The molecule has 0 spiro atoms. The minimum Gasteiger partial charge on any atom is -0.448 e. The zero-order valence-corrected chi connectivity index (χ0v) is 22.4. The fourth-order valence-electron chi connectivity index (χ4n) is 5.17. The Morgan fingerprint density at radius 3 is 2.39 bits per heavy atom. The molecule has 0 saturated heterocycles. The van der Waals surface area contributed by atoms with Crippen LogP contribution in [0.25, 0.3) is 22.6 Å². The molecule has 11 heteroatoms. The first-order valence-electron chi connectivity index (χ1n) is 12.9. The molecule has 41 heavy (non-hydrogen) atoms. The lowest BCUT2D eigenvalue weighted by Gasteiger charge is -2.27. The second-order valence-electron chi connectivity index (χ2n) is 9.30. The molecule has 10 nitrogen and oxygen atoms in total. The van der Waals surface area contributed by atoms with Gasteiger partial charge in [0.05, 0.1) is 29.3 Å². The van der Waals surface area contributed by atoms with E-state index in [2.05, 4.69) is 9.97 Å². The Kier molecular flexibility index (Phi) is 5.90. The Morgan fingerprint density at radius 1 is 0.976 bits per heavy atom. The summed E-state index contributed by atoms with van der Waals surface area (Å²) in [7, 11) is 0. The molecule has 1 atom stereocenters. The number of carbonyl (C=O) groups excluding carboxylic acids is 1. The van der Waals surface area contributed by atoms with Crippen LogP contribution in [-0.2, 0) is 4.74 Å². The third kappa shape index (κ3) is 3.99. The summed E-state index contributed by atoms with van der Waals surface area (Å²) < 4.78 is 15.4. The van der Waals surface area contributed by atoms with E-state index in [0.717, 1.165) is 27.1 Å². The van der Waals surface area contributed by atoms with Crippen LogP contribution in [0, 0.1) is 0 Å². The summed E-state index contributed by atoms with van der Waals surface area (Å²) in [6, 6.07) is 26.9. The number of halogens is 1. The number of fused-ring (bicyclic) bond motifs is 4. The smallest absolute Gasteiger partial charge is 0.438 e. The summed E-state index contributed by atoms with van der Waals surface area (Å²) in [5.74, 6) is 0.182. The van der Waals surface area contributed by atoms with Crippen LogP contribution in [0.2, 0.25) is 5.02 Å². The molecule has 3 aromatic heterocycles. The molecule has 0 radical (unpaired) electrons. The largest absolute Gasteiger partial charge is 0.448 e. The van der Waals surface area contributed by atoms with Crippen molar-refractivity contribution in [3.63, 3.8) is 0 Å². The number of hydrogen-bond acceptors (Lipinski definition) is 7. The topological polar surface area (TPSA) is 106 Å². The lowest BCUT2D eigenvalue weighted by molar-refractivity contribution is 0.148. The third-order valence-corrected chi connectivity index (χ3v) is 7.16. The molecular formula is C30H21ClN6O4. The quantitative estimate of drug-likeness (QED) is 0.270. The van der Waals surface area contributed by atoms with E-state index >= 15 is 0 Å². The molecule has 6 aromatic rings. The van der Waals surface area contributed by atoms with E-state index in [1.807, 2.05) is 72.8 Å². The van der Waals surface area contributed by atoms with Crippen molar-refractivity contribution in [3.8, 4) is 28.7 Å². The normalized spacial score (nSPS) is 13.9. The van der Waals surface area contributed by atoms with Crippen molar-refractivity contribution in [2.75, 3.05) is 6.61 Å². The van der Waals surface area contributed by atoms with Crippen molar-refractivity contribution in [1.29, 1.82) is 0 Å². The lowest BCUT2D eigenvalue weighted by Crippen LogP contribution is -2.29. The first kappa shape index (κ1) is 24.8. The fraction of sp³-hybridized carbons (Fsp3) is 0.100. The summed E-state index contributed by atoms with van der Waals surface area (Å²) in [5.41, 5.74) is 3.89. The Labute approximate surface area is 238 Å². The van der Waals surface area contributed by atoms with Crippen LogP contribution in [0.3, 0.4) is 0 Å². The average Bonchev–Trinajstić information content (AvgIpc) is 3.55. The number of hydrogen-bond donors (Lipinski definition) is 0. The highest BCUT2D eigenvalue weighted by Gasteiger charge is 2.40. The molecule has 1 unspecified atom stereocenters. The molecule has 0 amide bonds. The van der Waals surface area contributed by atoms with E-state index in [4.69, 9.17) is 26.2 Å². The maximum Gasteiger partial charge on any atom is 0.438 e. The minimum atomic E-state index is -0.853. The van der Waals surface area contributed by atoms with Crippen molar-refractivity contribution in [1.82, 2.24) is 28.9 Å². The highest BCUT2D eigenvalue weighted by molar-refractivity contribution is 6.30. The summed E-state index contributed by atoms with van der Waals surface area (Å²) >= 11 is 6.28. The molecule has 0 N–H and O–H groups in total. The molecular weight excluding hydrogens is 544 g/mol. The van der Waals surface area contributed by atoms with Gasteiger partial charge in [-0.1, -0.05) is 72.3 Å². The Bertz CT molecular complexity index is 1980. The van der Waals surface area contributed by atoms with E-state index in [1.54, 1.807) is 23.7 Å². The van der Waals surface area contributed by atoms with Gasteiger partial charge in [-0.25, -0.2) is 19.1 Å². The molecule has 1 aliphatic rings. The number of aromatic nitrogens is 6. The second-order valence-corrected chi connectivity index (χ2v) is 9.74. The Balaban J connectivity index is 1.57. The summed E-state index contributed by atoms with van der Waals surface area (Å²) in [4.78, 5) is 34.5. The molecule has 0 aliphatic carbocycles. The van der Waals surface area contributed by atoms with E-state index < -0.39 is 17.7 Å². The van der Waals surface area contributed by atoms with Gasteiger partial charge in [-0.15, -0.1) is 4.68 Å². The molecule has 202 valence electrons. The summed E-state index contributed by atoms with van der Waals surface area (Å²) in [5, 5.41) is 5.61. The van der Waals surface area contributed by atoms with Crippen LogP contribution in [-0.4, -0.2) is 41.6 Å². The lowest BCUT2D eigenvalue weighted by atomic mass is 9.83. The van der Waals surface area contributed by atoms with Crippen molar-refractivity contribution >= 4 is 23.3 Å². The van der Waals surface area contributed by atoms with E-state index in [1.165, 1.54) is 10.8 Å². The standard InChI is InChI=1S/C30H21ClN6O4/c1-2-40-30(39)37-29(38)33-26-24-22(18-13-15-20(31)16-14-18)23-25(19-9-5-3-6-10-19)34-36(21-11-7-4-8-12-21)28(23)41-27(24)32-17-35(26)37/h3-17,22H,2H2,1H3. The zero-order valence-electron chi connectivity index (χ0n) is 21.6. The van der Waals surface area contributed by atoms with Gasteiger partial charge in [-0.3, -0.25) is 0 Å². The predicted molar refractivity (Wildman–Crippen MR) is 151 cm³/mol. The maximum absolute atomic E-state index is 13.0. The first-order chi connectivity index (χ1) is 20.0. The minimum absolute atomic E-state index is 0.0931. The highest BCUT2D eigenvalue weighted by Crippen LogP contribution is 2.51. The van der Waals surface area contributed by atoms with Gasteiger partial charge in [0.1, 0.15) is 12.0 Å². The van der Waals surface area contributed by atoms with E-state index in [0.29, 0.717) is 22.2 Å². The second kappa shape index (κ2) is 9.76. The summed E-state index contributed by atoms with van der Waals surface area (Å²) in [6.45, 7) is 1.75. The van der Waals surface area contributed by atoms with Crippen molar-refractivity contribution in [3.05, 3.63) is 123 Å². The van der Waals surface area contributed by atoms with Gasteiger partial charge in [0.2, 0.25) is 11.8 Å². The fourth-order valence-corrected chi connectivity index (χ4v) is 5.30. The van der Waals surface area contributed by atoms with Crippen LogP contribution >= 0.6 is 11.6 Å². The number of para-hydroxylation sites is 1. The Hall–Kier alpha value is -5.22. The molecule has 7 rings (SSSR count). The van der Waals surface area contributed by atoms with Gasteiger partial charge in [-0.05, 0) is 36.8 Å². The molecule has 3 aromatic carbocycles. The van der Waals surface area contributed by atoms with Crippen molar-refractivity contribution in [2.45, 2.75) is 12.8 Å². The molecule has 1 aliphatic heterocycles. The van der Waals surface area contributed by atoms with E-state index in [9.17, 15) is 9.59 Å². The Morgan fingerprint density at radius 2 is 1.68 bits per heavy atom. The number of ether oxygens (including phenoxy) is 2. The predicted octanol–water partition coefficient (Wildman–Crippen LogP) is 5.69. The zero-order chi connectivity index (χ0) is 28.1. The van der Waals surface area contributed by atoms with Crippen LogP contribution < -0.4 is 10.4 Å². The molecule has 4 heterocycles. The van der Waals surface area contributed by atoms with Gasteiger partial charge in [0.25, 0.3) is 0 Å². The van der Waals surface area contributed by atoms with Crippen molar-refractivity contribution in [2.24, 2.45) is 0 Å². The van der Waals surface area contributed by atoms with Crippen molar-refractivity contribution < 1.29 is 14.3 Å². The number of carbonyl (C=O) groups is 1. The van der Waals surface area contributed by atoms with E-state index in [-0.39, 0.29) is 18.1 Å². The van der Waals surface area contributed by atoms with Gasteiger partial charge < -0.3 is 9.47 Å².